The van der Waals surface area contributed by atoms with E-state index >= 15 is 0 Å². The Bertz CT molecular complexity index is 321. The molecule has 0 unspecified atom stereocenters. The minimum atomic E-state index is -0.801. The monoisotopic (exact) mass is 190 g/mol. The van der Waals surface area contributed by atoms with E-state index in [-0.39, 0.29) is 5.56 Å². The molecule has 0 saturated carbocycles. The smallest absolute Gasteiger partial charge is 0.258 e. The van der Waals surface area contributed by atoms with Crippen LogP contribution >= 0.6 is 11.6 Å². The predicted octanol–water partition coefficient (Wildman–Crippen LogP) is 1.73. The van der Waals surface area contributed by atoms with E-state index in [0.717, 1.165) is 4.68 Å². The highest BCUT2D eigenvalue weighted by molar-refractivity contribution is 6.67. The molecule has 0 saturated heterocycles. The molecule has 0 N–H and O–H groups in total. The van der Waals surface area contributed by atoms with Gasteiger partial charge in [0, 0.05) is 6.54 Å². The van der Waals surface area contributed by atoms with Crippen LogP contribution in [0.25, 0.3) is 0 Å². The molecule has 0 spiro atoms. The molecule has 0 aliphatic carbocycles. The Morgan fingerprint density at radius 1 is 1.75 bits per heavy atom. The summed E-state index contributed by atoms with van der Waals surface area (Å²) >= 11 is 5.15. The van der Waals surface area contributed by atoms with Crippen LogP contribution in [0.4, 0.5) is 4.39 Å². The van der Waals surface area contributed by atoms with Gasteiger partial charge in [0.1, 0.15) is 5.56 Å². The summed E-state index contributed by atoms with van der Waals surface area (Å²) in [5.41, 5.74) is 0.202. The maximum absolute atomic E-state index is 13.1. The zero-order valence-corrected chi connectivity index (χ0v) is 7.52. The van der Waals surface area contributed by atoms with Crippen LogP contribution in [0.5, 0.6) is 0 Å². The molecule has 5 heteroatoms. The molecular formula is C7H8ClFN2O. The summed E-state index contributed by atoms with van der Waals surface area (Å²) in [6, 6.07) is 0. The zero-order chi connectivity index (χ0) is 9.30. The highest BCUT2D eigenvalue weighted by atomic mass is 35.5. The lowest BCUT2D eigenvalue weighted by molar-refractivity contribution is 0.107. The molecule has 1 rings (SSSR count). The lowest BCUT2D eigenvalue weighted by atomic mass is 10.3. The first-order chi connectivity index (χ1) is 5.57. The molecule has 0 fully saturated rings. The first-order valence-electron chi connectivity index (χ1n) is 3.50. The Morgan fingerprint density at radius 3 is 2.58 bits per heavy atom. The molecule has 0 aliphatic heterocycles. The fourth-order valence-electron chi connectivity index (χ4n) is 0.986. The number of hydrogen-bond acceptors (Lipinski definition) is 2. The van der Waals surface area contributed by atoms with E-state index in [0.29, 0.717) is 12.2 Å². The Balaban J connectivity index is 3.28. The fraction of sp³-hybridized carbons (Fsp3) is 0.429. The molecule has 66 valence electrons. The van der Waals surface area contributed by atoms with Gasteiger partial charge in [0.05, 0.1) is 5.69 Å². The van der Waals surface area contributed by atoms with E-state index in [1.165, 1.54) is 0 Å². The van der Waals surface area contributed by atoms with Crippen molar-refractivity contribution < 1.29 is 9.18 Å². The SMILES string of the molecule is CCn1nc(C)c(C(=O)Cl)c1F. The van der Waals surface area contributed by atoms with Crippen LogP contribution in [0, 0.1) is 12.9 Å². The van der Waals surface area contributed by atoms with Gasteiger partial charge in [-0.1, -0.05) is 0 Å². The van der Waals surface area contributed by atoms with Crippen LogP contribution in [-0.4, -0.2) is 15.0 Å². The number of carbonyl (C=O) groups is 1. The third kappa shape index (κ3) is 1.34. The summed E-state index contributed by atoms with van der Waals surface area (Å²) < 4.78 is 14.2. The van der Waals surface area contributed by atoms with Gasteiger partial charge >= 0.3 is 0 Å². The Morgan fingerprint density at radius 2 is 2.33 bits per heavy atom. The number of carbonyl (C=O) groups excluding carboxylic acids is 1. The highest BCUT2D eigenvalue weighted by Gasteiger charge is 2.18. The number of halogens is 2. The summed E-state index contributed by atoms with van der Waals surface area (Å²) in [5.74, 6) is -0.657. The van der Waals surface area contributed by atoms with E-state index in [2.05, 4.69) is 5.10 Å². The number of nitrogens with zero attached hydrogens (tertiary/aromatic N) is 2. The molecule has 0 amide bonds. The molecule has 0 atom stereocenters. The van der Waals surface area contributed by atoms with Crippen molar-refractivity contribution >= 4 is 16.8 Å². The summed E-state index contributed by atoms with van der Waals surface area (Å²) in [7, 11) is 0. The second-order valence-electron chi connectivity index (χ2n) is 2.34. The molecule has 1 aromatic rings. The van der Waals surface area contributed by atoms with Gasteiger partial charge in [-0.15, -0.1) is 0 Å². The van der Waals surface area contributed by atoms with E-state index in [1.807, 2.05) is 0 Å². The van der Waals surface area contributed by atoms with Gasteiger partial charge in [0.15, 0.2) is 0 Å². The van der Waals surface area contributed by atoms with Crippen molar-refractivity contribution in [3.63, 3.8) is 0 Å². The quantitative estimate of drug-likeness (QED) is 0.666. The minimum Gasteiger partial charge on any atom is -0.275 e. The van der Waals surface area contributed by atoms with Gasteiger partial charge in [-0.2, -0.15) is 9.49 Å². The maximum atomic E-state index is 13.1. The second kappa shape index (κ2) is 3.23. The largest absolute Gasteiger partial charge is 0.275 e. The summed E-state index contributed by atoms with van der Waals surface area (Å²) in [4.78, 5) is 10.7. The van der Waals surface area contributed by atoms with Gasteiger partial charge in [-0.05, 0) is 25.4 Å². The Kier molecular flexibility index (Phi) is 2.47. The van der Waals surface area contributed by atoms with E-state index in [4.69, 9.17) is 11.6 Å². The van der Waals surface area contributed by atoms with Crippen LogP contribution in [0.3, 0.4) is 0 Å². The van der Waals surface area contributed by atoms with Crippen LogP contribution in [0.2, 0.25) is 0 Å². The van der Waals surface area contributed by atoms with Gasteiger partial charge < -0.3 is 0 Å². The fourth-order valence-corrected chi connectivity index (χ4v) is 1.20. The summed E-state index contributed by atoms with van der Waals surface area (Å²) in [6.07, 6.45) is 0. The average Bonchev–Trinajstić information content (AvgIpc) is 2.25. The van der Waals surface area contributed by atoms with E-state index in [1.54, 1.807) is 13.8 Å². The molecule has 0 aromatic carbocycles. The second-order valence-corrected chi connectivity index (χ2v) is 2.68. The molecular weight excluding hydrogens is 183 g/mol. The standard InChI is InChI=1S/C7H8ClFN2O/c1-3-11-7(9)5(6(8)12)4(2)10-11/h3H2,1-2H3. The molecule has 12 heavy (non-hydrogen) atoms. The molecule has 0 radical (unpaired) electrons. The summed E-state index contributed by atoms with van der Waals surface area (Å²) in [5, 5.41) is 2.99. The molecule has 1 heterocycles. The molecule has 3 nitrogen and oxygen atoms in total. The van der Waals surface area contributed by atoms with Gasteiger partial charge in [0.2, 0.25) is 5.95 Å². The summed E-state index contributed by atoms with van der Waals surface area (Å²) in [6.45, 7) is 3.67. The lowest BCUT2D eigenvalue weighted by Crippen LogP contribution is -2.01. The number of aryl methyl sites for hydroxylation is 2. The van der Waals surface area contributed by atoms with Gasteiger partial charge in [-0.25, -0.2) is 4.68 Å². The van der Waals surface area contributed by atoms with Crippen LogP contribution in [0.15, 0.2) is 0 Å². The van der Waals surface area contributed by atoms with Crippen molar-refractivity contribution in [2.75, 3.05) is 0 Å². The van der Waals surface area contributed by atoms with Gasteiger partial charge in [0.25, 0.3) is 5.24 Å². The van der Waals surface area contributed by atoms with Crippen LogP contribution in [-0.2, 0) is 6.54 Å². The van der Waals surface area contributed by atoms with Crippen molar-refractivity contribution in [1.29, 1.82) is 0 Å². The highest BCUT2D eigenvalue weighted by Crippen LogP contribution is 2.14. The zero-order valence-electron chi connectivity index (χ0n) is 6.77. The Hall–Kier alpha value is -0.900. The van der Waals surface area contributed by atoms with Crippen LogP contribution < -0.4 is 0 Å². The molecule has 1 aromatic heterocycles. The average molecular weight is 191 g/mol. The third-order valence-corrected chi connectivity index (χ3v) is 1.75. The van der Waals surface area contributed by atoms with E-state index in [9.17, 15) is 9.18 Å². The first-order valence-corrected chi connectivity index (χ1v) is 3.88. The number of aromatic nitrogens is 2. The third-order valence-electron chi connectivity index (χ3n) is 1.56. The van der Waals surface area contributed by atoms with Gasteiger partial charge in [-0.3, -0.25) is 4.79 Å². The number of hydrogen-bond donors (Lipinski definition) is 0. The molecule has 0 bridgehead atoms. The minimum absolute atomic E-state index is 0.126. The first kappa shape index (κ1) is 9.19. The van der Waals surface area contributed by atoms with Crippen LogP contribution in [0.1, 0.15) is 23.0 Å². The topological polar surface area (TPSA) is 34.9 Å². The van der Waals surface area contributed by atoms with Crippen molar-refractivity contribution in [3.05, 3.63) is 17.2 Å². The molecule has 0 aliphatic rings. The normalized spacial score (nSPS) is 10.3. The van der Waals surface area contributed by atoms with E-state index < -0.39 is 11.2 Å². The Labute approximate surface area is 74.1 Å². The lowest BCUT2D eigenvalue weighted by Gasteiger charge is -1.93. The van der Waals surface area contributed by atoms with Crippen molar-refractivity contribution in [2.45, 2.75) is 20.4 Å². The predicted molar refractivity (Wildman–Crippen MR) is 42.8 cm³/mol. The maximum Gasteiger partial charge on any atom is 0.258 e. The number of rotatable bonds is 2. The van der Waals surface area contributed by atoms with Crippen molar-refractivity contribution in [3.8, 4) is 0 Å². The van der Waals surface area contributed by atoms with Crippen molar-refractivity contribution in [1.82, 2.24) is 9.78 Å². The van der Waals surface area contributed by atoms with Crippen molar-refractivity contribution in [2.24, 2.45) is 0 Å².